The predicted molar refractivity (Wildman–Crippen MR) is 90.5 cm³/mol. The number of unbranched alkanes of at least 4 members (excludes halogenated alkanes) is 2. The van der Waals surface area contributed by atoms with Gasteiger partial charge in [0.15, 0.2) is 0 Å². The molecule has 1 unspecified atom stereocenters. The van der Waals surface area contributed by atoms with Gasteiger partial charge in [-0.2, -0.15) is 13.2 Å². The van der Waals surface area contributed by atoms with E-state index in [1.165, 1.54) is 0 Å². The van der Waals surface area contributed by atoms with Crippen molar-refractivity contribution in [2.24, 2.45) is 0 Å². The molecule has 0 bridgehead atoms. The third-order valence-corrected chi connectivity index (χ3v) is 4.73. The van der Waals surface area contributed by atoms with Crippen molar-refractivity contribution in [2.75, 3.05) is 32.9 Å². The van der Waals surface area contributed by atoms with Crippen LogP contribution < -0.4 is 5.32 Å². The fourth-order valence-corrected chi connectivity index (χ4v) is 3.22. The number of rotatable bonds is 13. The van der Waals surface area contributed by atoms with Gasteiger partial charge in [0.05, 0.1) is 0 Å². The Balaban J connectivity index is 2.11. The van der Waals surface area contributed by atoms with Crippen molar-refractivity contribution < 1.29 is 35.2 Å². The number of carbonyl (C=O) groups excluding carboxylic acids is 2. The zero-order valence-corrected chi connectivity index (χ0v) is 19.8. The Labute approximate surface area is 173 Å². The van der Waals surface area contributed by atoms with Crippen LogP contribution in [-0.2, 0) is 22.1 Å². The monoisotopic (exact) mass is 588 g/mol. The third kappa shape index (κ3) is 10.6. The molecule has 1 saturated heterocycles. The average Bonchev–Trinajstić information content (AvgIpc) is 3.08. The molecule has 0 aromatic carbocycles. The molecule has 11 heteroatoms. The fourth-order valence-electron chi connectivity index (χ4n) is 2.85. The van der Waals surface area contributed by atoms with Gasteiger partial charge in [-0.1, -0.05) is 6.42 Å². The molecule has 0 aromatic heterocycles. The SMILES string of the molecule is O=C(CCCCCNC(=O)C(F)(F)F)N1CCCC1COCCCO[O][Tl]. The Hall–Kier alpha value is -0.468. The quantitative estimate of drug-likeness (QED) is 0.154. The maximum atomic E-state index is 12.3. The maximum absolute atomic E-state index is 12.3. The number of alkyl halides is 3. The van der Waals surface area contributed by atoms with Gasteiger partial charge in [0, 0.05) is 6.54 Å². The van der Waals surface area contributed by atoms with Crippen molar-refractivity contribution in [1.82, 2.24) is 10.2 Å². The zero-order valence-electron chi connectivity index (χ0n) is 15.3. The first-order valence-electron chi connectivity index (χ1n) is 9.07. The minimum atomic E-state index is -4.85. The number of nitrogens with zero attached hydrogens (tertiary/aromatic N) is 1. The third-order valence-electron chi connectivity index (χ3n) is 4.20. The molecule has 27 heavy (non-hydrogen) atoms. The van der Waals surface area contributed by atoms with Gasteiger partial charge in [0.25, 0.3) is 0 Å². The van der Waals surface area contributed by atoms with E-state index in [4.69, 9.17) is 9.62 Å². The molecule has 2 amide bonds. The second-order valence-corrected chi connectivity index (χ2v) is 7.04. The molecule has 1 rings (SSSR count). The Kier molecular flexibility index (Phi) is 12.4. The van der Waals surface area contributed by atoms with Gasteiger partial charge in [-0.05, 0) is 6.42 Å². The van der Waals surface area contributed by atoms with E-state index in [1.54, 1.807) is 0 Å². The second kappa shape index (κ2) is 13.7. The summed E-state index contributed by atoms with van der Waals surface area (Å²) in [7, 11) is 0. The van der Waals surface area contributed by atoms with E-state index < -0.39 is 12.1 Å². The van der Waals surface area contributed by atoms with E-state index in [9.17, 15) is 22.8 Å². The van der Waals surface area contributed by atoms with Crippen LogP contribution in [0.1, 0.15) is 44.9 Å². The molecule has 0 spiro atoms. The molecule has 0 aliphatic carbocycles. The Morgan fingerprint density at radius 1 is 1.15 bits per heavy atom. The standard InChI is InChI=1S/C16H27F3N2O5.Tl/c17-16(18,19)15(23)20-8-3-1-2-7-14(22)21-9-4-6-13(21)12-25-10-5-11-26-24;/h13,24H,1-12H2,(H,20,23);/q;+1/p-1. The van der Waals surface area contributed by atoms with Gasteiger partial charge in [0.2, 0.25) is 0 Å². The minimum absolute atomic E-state index is 0.0396. The number of amides is 2. The summed E-state index contributed by atoms with van der Waals surface area (Å²) in [5.41, 5.74) is 0. The average molecular weight is 588 g/mol. The molecule has 1 atom stereocenters. The summed E-state index contributed by atoms with van der Waals surface area (Å²) in [6, 6.07) is 0.0841. The molecule has 1 fully saturated rings. The molecule has 7 nitrogen and oxygen atoms in total. The summed E-state index contributed by atoms with van der Waals surface area (Å²) in [5, 5.41) is 1.82. The van der Waals surface area contributed by atoms with Crippen molar-refractivity contribution >= 4 is 38.0 Å². The number of halogens is 3. The van der Waals surface area contributed by atoms with Gasteiger partial charge in [0.1, 0.15) is 0 Å². The summed E-state index contributed by atoms with van der Waals surface area (Å²) >= 11 is 0.354. The van der Waals surface area contributed by atoms with Gasteiger partial charge in [-0.25, -0.2) is 0 Å². The first-order chi connectivity index (χ1) is 12.9. The van der Waals surface area contributed by atoms with Crippen molar-refractivity contribution in [2.45, 2.75) is 57.2 Å². The van der Waals surface area contributed by atoms with Gasteiger partial charge < -0.3 is 5.32 Å². The summed E-state index contributed by atoms with van der Waals surface area (Å²) in [5.74, 6) is -1.87. The van der Waals surface area contributed by atoms with Crippen LogP contribution in [0.25, 0.3) is 0 Å². The molecule has 0 saturated carbocycles. The van der Waals surface area contributed by atoms with Crippen molar-refractivity contribution in [1.29, 1.82) is 0 Å². The van der Waals surface area contributed by atoms with Crippen LogP contribution in [0, 0.1) is 0 Å². The number of nitrogens with one attached hydrogen (secondary N) is 1. The first-order valence-corrected chi connectivity index (χ1v) is 10.9. The zero-order chi connectivity index (χ0) is 20.1. The predicted octanol–water partition coefficient (Wildman–Crippen LogP) is 1.65. The van der Waals surface area contributed by atoms with Gasteiger partial charge >= 0.3 is 131 Å². The molecular weight excluding hydrogens is 562 g/mol. The molecule has 1 N–H and O–H groups in total. The number of hydrogen-bond donors (Lipinski definition) is 1. The Bertz CT molecular complexity index is 454. The fraction of sp³-hybridized carbons (Fsp3) is 0.875. The number of ether oxygens (including phenoxy) is 1. The first kappa shape index (κ1) is 24.6. The molecular formula is C16H26F3N2O5Tl. The van der Waals surface area contributed by atoms with Crippen LogP contribution in [0.4, 0.5) is 13.2 Å². The van der Waals surface area contributed by atoms with Crippen LogP contribution in [0.5, 0.6) is 0 Å². The summed E-state index contributed by atoms with van der Waals surface area (Å²) < 4.78 is 46.3. The van der Waals surface area contributed by atoms with Gasteiger partial charge in [-0.15, -0.1) is 0 Å². The molecule has 1 aliphatic rings. The molecule has 0 aromatic rings. The number of likely N-dealkylation sites (tertiary alicyclic amines) is 1. The summed E-state index contributed by atoms with van der Waals surface area (Å²) in [4.78, 5) is 29.6. The van der Waals surface area contributed by atoms with Crippen LogP contribution in [0.15, 0.2) is 0 Å². The number of carbonyl (C=O) groups is 2. The van der Waals surface area contributed by atoms with Crippen molar-refractivity contribution in [3.63, 3.8) is 0 Å². The second-order valence-electron chi connectivity index (χ2n) is 6.29. The van der Waals surface area contributed by atoms with Crippen LogP contribution in [0.3, 0.4) is 0 Å². The molecule has 1 heterocycles. The Morgan fingerprint density at radius 2 is 1.93 bits per heavy atom. The summed E-state index contributed by atoms with van der Waals surface area (Å²) in [6.07, 6.45) is -0.313. The number of hydrogen-bond acceptors (Lipinski definition) is 5. The normalized spacial score (nSPS) is 17.3. The van der Waals surface area contributed by atoms with E-state index >= 15 is 0 Å². The van der Waals surface area contributed by atoms with Crippen LogP contribution in [0.2, 0.25) is 0 Å². The van der Waals surface area contributed by atoms with E-state index in [0.717, 1.165) is 19.3 Å². The van der Waals surface area contributed by atoms with E-state index in [0.29, 0.717) is 78.3 Å². The van der Waals surface area contributed by atoms with Crippen LogP contribution in [-0.4, -0.2) is 88.1 Å². The van der Waals surface area contributed by atoms with E-state index in [1.807, 2.05) is 10.2 Å². The van der Waals surface area contributed by atoms with E-state index in [-0.39, 0.29) is 18.5 Å². The molecule has 154 valence electrons. The Morgan fingerprint density at radius 3 is 2.63 bits per heavy atom. The molecule has 1 aliphatic heterocycles. The summed E-state index contributed by atoms with van der Waals surface area (Å²) in [6.45, 7) is 2.22. The van der Waals surface area contributed by atoms with Crippen molar-refractivity contribution in [3.05, 3.63) is 0 Å². The molecule has 0 radical (unpaired) electrons. The van der Waals surface area contributed by atoms with Gasteiger partial charge in [-0.3, -0.25) is 4.79 Å². The van der Waals surface area contributed by atoms with Crippen molar-refractivity contribution in [3.8, 4) is 0 Å². The topological polar surface area (TPSA) is 77.1 Å². The van der Waals surface area contributed by atoms with Crippen LogP contribution >= 0.6 is 0 Å². The van der Waals surface area contributed by atoms with E-state index in [2.05, 4.69) is 2.84 Å².